The van der Waals surface area contributed by atoms with E-state index in [4.69, 9.17) is 17.3 Å². The topological polar surface area (TPSA) is 51.8 Å². The normalized spacial score (nSPS) is 10.4. The van der Waals surface area contributed by atoms with Crippen molar-refractivity contribution >= 4 is 28.5 Å². The maximum absolute atomic E-state index is 5.73. The van der Waals surface area contributed by atoms with Crippen LogP contribution in [-0.2, 0) is 0 Å². The van der Waals surface area contributed by atoms with Crippen molar-refractivity contribution in [2.45, 2.75) is 0 Å². The van der Waals surface area contributed by atoms with E-state index in [-0.39, 0.29) is 0 Å². The van der Waals surface area contributed by atoms with Gasteiger partial charge in [0.15, 0.2) is 0 Å². The molecule has 2 heterocycles. The van der Waals surface area contributed by atoms with Crippen molar-refractivity contribution in [1.29, 1.82) is 0 Å². The minimum absolute atomic E-state index is 0.478. The molecule has 2 N–H and O–H groups in total. The summed E-state index contributed by atoms with van der Waals surface area (Å²) in [6.07, 6.45) is 1.59. The summed E-state index contributed by atoms with van der Waals surface area (Å²) >= 11 is 5.73. The molecular formula is C8H6ClN3. The third-order valence-electron chi connectivity index (χ3n) is 1.53. The molecule has 0 bridgehead atoms. The minimum Gasteiger partial charge on any atom is -0.384 e. The SMILES string of the molecule is Nc1ccc2ncc(Cl)cc2n1. The molecule has 0 aliphatic carbocycles. The monoisotopic (exact) mass is 179 g/mol. The van der Waals surface area contributed by atoms with E-state index in [1.807, 2.05) is 6.07 Å². The molecular weight excluding hydrogens is 174 g/mol. The number of fused-ring (bicyclic) bond motifs is 1. The largest absolute Gasteiger partial charge is 0.384 e. The zero-order valence-corrected chi connectivity index (χ0v) is 6.92. The zero-order valence-electron chi connectivity index (χ0n) is 6.16. The maximum atomic E-state index is 5.73. The molecule has 0 fully saturated rings. The summed E-state index contributed by atoms with van der Waals surface area (Å²) in [5.74, 6) is 0.478. The second-order valence-corrected chi connectivity index (χ2v) is 2.86. The molecule has 2 rings (SSSR count). The highest BCUT2D eigenvalue weighted by Gasteiger charge is 1.96. The lowest BCUT2D eigenvalue weighted by Crippen LogP contribution is -1.90. The van der Waals surface area contributed by atoms with Crippen LogP contribution in [0.15, 0.2) is 24.4 Å². The van der Waals surface area contributed by atoms with Crippen LogP contribution in [0.4, 0.5) is 5.82 Å². The molecule has 3 nitrogen and oxygen atoms in total. The van der Waals surface area contributed by atoms with Gasteiger partial charge < -0.3 is 5.73 Å². The van der Waals surface area contributed by atoms with Crippen LogP contribution >= 0.6 is 11.6 Å². The van der Waals surface area contributed by atoms with Gasteiger partial charge in [-0.05, 0) is 18.2 Å². The molecule has 0 radical (unpaired) electrons. The molecule has 0 aliphatic rings. The van der Waals surface area contributed by atoms with Gasteiger partial charge in [0, 0.05) is 6.20 Å². The van der Waals surface area contributed by atoms with E-state index in [0.717, 1.165) is 11.0 Å². The Morgan fingerprint density at radius 2 is 2.08 bits per heavy atom. The number of nitrogen functional groups attached to an aromatic ring is 1. The molecule has 4 heteroatoms. The lowest BCUT2D eigenvalue weighted by atomic mass is 10.3. The van der Waals surface area contributed by atoms with Crippen LogP contribution in [0.3, 0.4) is 0 Å². The molecule has 0 aliphatic heterocycles. The van der Waals surface area contributed by atoms with Crippen LogP contribution in [0.2, 0.25) is 5.02 Å². The predicted molar refractivity (Wildman–Crippen MR) is 49.0 cm³/mol. The summed E-state index contributed by atoms with van der Waals surface area (Å²) in [5, 5.41) is 0.570. The molecule has 0 saturated carbocycles. The van der Waals surface area contributed by atoms with Crippen molar-refractivity contribution in [2.24, 2.45) is 0 Å². The molecule has 0 saturated heterocycles. The van der Waals surface area contributed by atoms with E-state index >= 15 is 0 Å². The molecule has 12 heavy (non-hydrogen) atoms. The first kappa shape index (κ1) is 7.31. The number of rotatable bonds is 0. The van der Waals surface area contributed by atoms with E-state index in [1.54, 1.807) is 18.3 Å². The maximum Gasteiger partial charge on any atom is 0.124 e. The lowest BCUT2D eigenvalue weighted by Gasteiger charge is -1.97. The predicted octanol–water partition coefficient (Wildman–Crippen LogP) is 1.87. The molecule has 0 aromatic carbocycles. The van der Waals surface area contributed by atoms with Gasteiger partial charge in [0.1, 0.15) is 5.82 Å². The smallest absolute Gasteiger partial charge is 0.124 e. The summed E-state index contributed by atoms with van der Waals surface area (Å²) in [6, 6.07) is 5.26. The molecule has 2 aromatic rings. The van der Waals surface area contributed by atoms with Crippen LogP contribution in [0.25, 0.3) is 11.0 Å². The average molecular weight is 180 g/mol. The zero-order chi connectivity index (χ0) is 8.55. The molecule has 0 spiro atoms. The second-order valence-electron chi connectivity index (χ2n) is 2.43. The number of halogens is 1. The fourth-order valence-corrected chi connectivity index (χ4v) is 1.15. The van der Waals surface area contributed by atoms with Gasteiger partial charge in [-0.1, -0.05) is 11.6 Å². The highest BCUT2D eigenvalue weighted by atomic mass is 35.5. The third kappa shape index (κ3) is 1.19. The van der Waals surface area contributed by atoms with Crippen LogP contribution in [0.5, 0.6) is 0 Å². The fraction of sp³-hybridized carbons (Fsp3) is 0. The first-order chi connectivity index (χ1) is 5.75. The molecule has 0 atom stereocenters. The van der Waals surface area contributed by atoms with Crippen molar-refractivity contribution in [3.8, 4) is 0 Å². The van der Waals surface area contributed by atoms with Crippen molar-refractivity contribution in [3.05, 3.63) is 29.4 Å². The van der Waals surface area contributed by atoms with Crippen molar-refractivity contribution < 1.29 is 0 Å². The Morgan fingerprint density at radius 1 is 1.25 bits per heavy atom. The number of anilines is 1. The Morgan fingerprint density at radius 3 is 2.92 bits per heavy atom. The lowest BCUT2D eigenvalue weighted by molar-refractivity contribution is 1.34. The van der Waals surface area contributed by atoms with E-state index < -0.39 is 0 Å². The van der Waals surface area contributed by atoms with Crippen LogP contribution in [-0.4, -0.2) is 9.97 Å². The summed E-state index contributed by atoms with van der Waals surface area (Å²) in [4.78, 5) is 8.14. The van der Waals surface area contributed by atoms with Gasteiger partial charge in [0.2, 0.25) is 0 Å². The highest BCUT2D eigenvalue weighted by Crippen LogP contribution is 2.15. The van der Waals surface area contributed by atoms with Crippen LogP contribution in [0, 0.1) is 0 Å². The number of nitrogens with two attached hydrogens (primary N) is 1. The number of hydrogen-bond donors (Lipinski definition) is 1. The first-order valence-electron chi connectivity index (χ1n) is 3.43. The standard InChI is InChI=1S/C8H6ClN3/c9-5-3-7-6(11-4-5)1-2-8(10)12-7/h1-4H,(H2,10,12). The number of hydrogen-bond acceptors (Lipinski definition) is 3. The molecule has 60 valence electrons. The first-order valence-corrected chi connectivity index (χ1v) is 3.81. The van der Waals surface area contributed by atoms with Gasteiger partial charge in [0.25, 0.3) is 0 Å². The van der Waals surface area contributed by atoms with Crippen molar-refractivity contribution in [1.82, 2.24) is 9.97 Å². The Hall–Kier alpha value is -1.35. The van der Waals surface area contributed by atoms with Gasteiger partial charge in [-0.15, -0.1) is 0 Å². The Bertz CT molecular complexity index is 391. The van der Waals surface area contributed by atoms with Gasteiger partial charge in [0.05, 0.1) is 16.1 Å². The van der Waals surface area contributed by atoms with E-state index in [9.17, 15) is 0 Å². The minimum atomic E-state index is 0.478. The third-order valence-corrected chi connectivity index (χ3v) is 1.73. The van der Waals surface area contributed by atoms with E-state index in [0.29, 0.717) is 10.8 Å². The summed E-state index contributed by atoms with van der Waals surface area (Å²) in [6.45, 7) is 0. The highest BCUT2D eigenvalue weighted by molar-refractivity contribution is 6.31. The molecule has 2 aromatic heterocycles. The number of aromatic nitrogens is 2. The Kier molecular flexibility index (Phi) is 1.59. The summed E-state index contributed by atoms with van der Waals surface area (Å²) < 4.78 is 0. The fourth-order valence-electron chi connectivity index (χ4n) is 0.998. The second kappa shape index (κ2) is 2.60. The molecule has 0 amide bonds. The van der Waals surface area contributed by atoms with Gasteiger partial charge in [-0.3, -0.25) is 4.98 Å². The van der Waals surface area contributed by atoms with Gasteiger partial charge >= 0.3 is 0 Å². The summed E-state index contributed by atoms with van der Waals surface area (Å²) in [7, 11) is 0. The van der Waals surface area contributed by atoms with E-state index in [1.165, 1.54) is 0 Å². The molecule has 0 unspecified atom stereocenters. The van der Waals surface area contributed by atoms with E-state index in [2.05, 4.69) is 9.97 Å². The van der Waals surface area contributed by atoms with Crippen LogP contribution in [0.1, 0.15) is 0 Å². The average Bonchev–Trinajstić information content (AvgIpc) is 2.03. The quantitative estimate of drug-likeness (QED) is 0.672. The van der Waals surface area contributed by atoms with Crippen LogP contribution < -0.4 is 5.73 Å². The van der Waals surface area contributed by atoms with Crippen molar-refractivity contribution in [2.75, 3.05) is 5.73 Å². The van der Waals surface area contributed by atoms with Gasteiger partial charge in [-0.25, -0.2) is 4.98 Å². The Balaban J connectivity index is 2.80. The van der Waals surface area contributed by atoms with Crippen molar-refractivity contribution in [3.63, 3.8) is 0 Å². The van der Waals surface area contributed by atoms with Gasteiger partial charge in [-0.2, -0.15) is 0 Å². The summed E-state index contributed by atoms with van der Waals surface area (Å²) in [5.41, 5.74) is 7.02. The number of pyridine rings is 2. The number of nitrogens with zero attached hydrogens (tertiary/aromatic N) is 2. The Labute approximate surface area is 74.2 Å².